The molecule has 0 aromatic heterocycles. The summed E-state index contributed by atoms with van der Waals surface area (Å²) in [6.07, 6.45) is 2.16. The van der Waals surface area contributed by atoms with E-state index in [1.54, 1.807) is 12.1 Å². The van der Waals surface area contributed by atoms with Gasteiger partial charge in [-0.05, 0) is 44.9 Å². The number of morpholine rings is 1. The minimum atomic E-state index is -0.184. The molecular weight excluding hydrogens is 357 g/mol. The molecule has 2 fully saturated rings. The maximum absolute atomic E-state index is 13.6. The number of halogens is 1. The van der Waals surface area contributed by atoms with E-state index in [4.69, 9.17) is 4.74 Å². The van der Waals surface area contributed by atoms with Gasteiger partial charge in [-0.15, -0.1) is 0 Å². The fourth-order valence-electron chi connectivity index (χ4n) is 4.15. The average molecular weight is 392 g/mol. The number of anilines is 1. The first kappa shape index (κ1) is 20.9. The van der Waals surface area contributed by atoms with Crippen molar-refractivity contribution in [1.29, 1.82) is 0 Å². The summed E-state index contributed by atoms with van der Waals surface area (Å²) in [6.45, 7) is 9.68. The molecule has 0 spiro atoms. The van der Waals surface area contributed by atoms with Gasteiger partial charge in [0.1, 0.15) is 5.82 Å². The van der Waals surface area contributed by atoms with Crippen molar-refractivity contribution in [3.63, 3.8) is 0 Å². The molecule has 6 nitrogen and oxygen atoms in total. The second kappa shape index (κ2) is 10.1. The topological polar surface area (TPSA) is 52.1 Å². The number of rotatable bonds is 5. The minimum Gasteiger partial charge on any atom is -0.379 e. The first-order valence-electron chi connectivity index (χ1n) is 10.4. The molecule has 0 saturated carbocycles. The number of guanidine groups is 1. The molecule has 28 heavy (non-hydrogen) atoms. The van der Waals surface area contributed by atoms with E-state index >= 15 is 0 Å². The Balaban J connectivity index is 1.50. The van der Waals surface area contributed by atoms with E-state index in [-0.39, 0.29) is 5.82 Å². The van der Waals surface area contributed by atoms with Crippen molar-refractivity contribution < 1.29 is 9.13 Å². The van der Waals surface area contributed by atoms with E-state index in [1.807, 2.05) is 13.1 Å². The Morgan fingerprint density at radius 3 is 3.00 bits per heavy atom. The van der Waals surface area contributed by atoms with E-state index in [1.165, 1.54) is 6.07 Å². The van der Waals surface area contributed by atoms with E-state index in [2.05, 4.69) is 39.3 Å². The highest BCUT2D eigenvalue weighted by Gasteiger charge is 2.25. The molecule has 2 saturated heterocycles. The molecule has 2 aliphatic rings. The van der Waals surface area contributed by atoms with Crippen LogP contribution in [0.5, 0.6) is 0 Å². The first-order valence-corrected chi connectivity index (χ1v) is 10.4. The Morgan fingerprint density at radius 2 is 2.25 bits per heavy atom. The van der Waals surface area contributed by atoms with Crippen molar-refractivity contribution in [3.8, 4) is 0 Å². The van der Waals surface area contributed by atoms with Gasteiger partial charge in [-0.1, -0.05) is 6.07 Å². The average Bonchev–Trinajstić information content (AvgIpc) is 2.71. The fourth-order valence-corrected chi connectivity index (χ4v) is 4.15. The maximum Gasteiger partial charge on any atom is 0.191 e. The number of ether oxygens (including phenoxy) is 1. The number of nitrogens with one attached hydrogen (secondary N) is 2. The molecule has 1 aromatic rings. The SMILES string of the molecule is CN=C(NCC(C)N1CCOCC1C)NC1CCCN(c2cccc(F)c2)C1. The Hall–Kier alpha value is -1.86. The molecule has 2 aliphatic heterocycles. The third-order valence-corrected chi connectivity index (χ3v) is 5.71. The van der Waals surface area contributed by atoms with Crippen LogP contribution >= 0.6 is 0 Å². The van der Waals surface area contributed by atoms with Gasteiger partial charge in [0.25, 0.3) is 0 Å². The monoisotopic (exact) mass is 391 g/mol. The van der Waals surface area contributed by atoms with E-state index in [0.717, 1.165) is 63.9 Å². The van der Waals surface area contributed by atoms with Gasteiger partial charge in [0.05, 0.1) is 13.2 Å². The van der Waals surface area contributed by atoms with Crippen LogP contribution in [0.2, 0.25) is 0 Å². The lowest BCUT2D eigenvalue weighted by atomic mass is 10.0. The van der Waals surface area contributed by atoms with E-state index < -0.39 is 0 Å². The summed E-state index contributed by atoms with van der Waals surface area (Å²) in [7, 11) is 1.81. The quantitative estimate of drug-likeness (QED) is 0.595. The third kappa shape index (κ3) is 5.58. The molecule has 2 N–H and O–H groups in total. The summed E-state index contributed by atoms with van der Waals surface area (Å²) in [4.78, 5) is 9.13. The van der Waals surface area contributed by atoms with Crippen LogP contribution in [0.4, 0.5) is 10.1 Å². The number of benzene rings is 1. The van der Waals surface area contributed by atoms with Crippen LogP contribution in [0.3, 0.4) is 0 Å². The zero-order valence-electron chi connectivity index (χ0n) is 17.3. The molecule has 0 radical (unpaired) electrons. The van der Waals surface area contributed by atoms with Gasteiger partial charge < -0.3 is 20.3 Å². The normalized spacial score (nSPS) is 25.4. The second-order valence-corrected chi connectivity index (χ2v) is 7.87. The highest BCUT2D eigenvalue weighted by atomic mass is 19.1. The predicted molar refractivity (Wildman–Crippen MR) is 113 cm³/mol. The van der Waals surface area contributed by atoms with Crippen LogP contribution in [0.25, 0.3) is 0 Å². The largest absolute Gasteiger partial charge is 0.379 e. The molecule has 0 aliphatic carbocycles. The Kier molecular flexibility index (Phi) is 7.50. The van der Waals surface area contributed by atoms with Crippen molar-refractivity contribution in [2.24, 2.45) is 4.99 Å². The van der Waals surface area contributed by atoms with Crippen molar-refractivity contribution in [3.05, 3.63) is 30.1 Å². The standard InChI is InChI=1S/C21H34FN5O/c1-16(27-10-11-28-15-17(27)2)13-24-21(23-3)25-19-7-5-9-26(14-19)20-8-4-6-18(22)12-20/h4,6,8,12,16-17,19H,5,7,9-11,13-15H2,1-3H3,(H2,23,24,25). The van der Waals surface area contributed by atoms with Gasteiger partial charge in [-0.2, -0.15) is 0 Å². The zero-order chi connectivity index (χ0) is 19.9. The fraction of sp³-hybridized carbons (Fsp3) is 0.667. The maximum atomic E-state index is 13.6. The summed E-state index contributed by atoms with van der Waals surface area (Å²) in [5.41, 5.74) is 0.948. The summed E-state index contributed by atoms with van der Waals surface area (Å²) in [5, 5.41) is 7.03. The molecule has 1 aromatic carbocycles. The van der Waals surface area contributed by atoms with Crippen molar-refractivity contribution >= 4 is 11.6 Å². The number of nitrogens with zero attached hydrogens (tertiary/aromatic N) is 3. The first-order chi connectivity index (χ1) is 13.6. The molecule has 3 atom stereocenters. The molecule has 7 heteroatoms. The Bertz CT molecular complexity index is 655. The van der Waals surface area contributed by atoms with Crippen molar-refractivity contribution in [2.75, 3.05) is 51.3 Å². The number of hydrogen-bond acceptors (Lipinski definition) is 4. The molecule has 0 bridgehead atoms. The van der Waals surface area contributed by atoms with Gasteiger partial charge in [0.2, 0.25) is 0 Å². The van der Waals surface area contributed by atoms with E-state index in [9.17, 15) is 4.39 Å². The van der Waals surface area contributed by atoms with Gasteiger partial charge >= 0.3 is 0 Å². The third-order valence-electron chi connectivity index (χ3n) is 5.71. The smallest absolute Gasteiger partial charge is 0.191 e. The Morgan fingerprint density at radius 1 is 1.39 bits per heavy atom. The van der Waals surface area contributed by atoms with Crippen LogP contribution in [0.1, 0.15) is 26.7 Å². The lowest BCUT2D eigenvalue weighted by molar-refractivity contribution is -0.0174. The number of aliphatic imine (C=N–C) groups is 1. The van der Waals surface area contributed by atoms with Gasteiger partial charge in [-0.3, -0.25) is 9.89 Å². The van der Waals surface area contributed by atoms with Crippen molar-refractivity contribution in [1.82, 2.24) is 15.5 Å². The van der Waals surface area contributed by atoms with Gasteiger partial charge in [0.15, 0.2) is 5.96 Å². The highest BCUT2D eigenvalue weighted by molar-refractivity contribution is 5.80. The Labute approximate surface area is 168 Å². The van der Waals surface area contributed by atoms with Crippen LogP contribution in [0.15, 0.2) is 29.3 Å². The van der Waals surface area contributed by atoms with Crippen LogP contribution in [-0.4, -0.2) is 75.4 Å². The predicted octanol–water partition coefficient (Wildman–Crippen LogP) is 2.07. The lowest BCUT2D eigenvalue weighted by Gasteiger charge is -2.38. The van der Waals surface area contributed by atoms with E-state index in [0.29, 0.717) is 18.1 Å². The summed E-state index contributed by atoms with van der Waals surface area (Å²) in [5.74, 6) is 0.648. The number of piperidine rings is 1. The van der Waals surface area contributed by atoms with Crippen LogP contribution in [0, 0.1) is 5.82 Å². The van der Waals surface area contributed by atoms with Crippen LogP contribution in [-0.2, 0) is 4.74 Å². The van der Waals surface area contributed by atoms with Crippen LogP contribution < -0.4 is 15.5 Å². The van der Waals surface area contributed by atoms with Gasteiger partial charge in [-0.25, -0.2) is 4.39 Å². The number of hydrogen-bond donors (Lipinski definition) is 2. The molecule has 3 rings (SSSR count). The second-order valence-electron chi connectivity index (χ2n) is 7.87. The molecule has 156 valence electrons. The summed E-state index contributed by atoms with van der Waals surface area (Å²) in [6, 6.07) is 8.00. The molecule has 0 amide bonds. The van der Waals surface area contributed by atoms with Crippen molar-refractivity contribution in [2.45, 2.75) is 44.8 Å². The molecular formula is C21H34FN5O. The lowest BCUT2D eigenvalue weighted by Crippen LogP contribution is -2.55. The highest BCUT2D eigenvalue weighted by Crippen LogP contribution is 2.20. The molecule has 2 heterocycles. The molecule has 3 unspecified atom stereocenters. The van der Waals surface area contributed by atoms with Gasteiger partial charge in [0, 0.05) is 57.0 Å². The zero-order valence-corrected chi connectivity index (χ0v) is 17.3. The summed E-state index contributed by atoms with van der Waals surface area (Å²) >= 11 is 0. The minimum absolute atomic E-state index is 0.184. The summed E-state index contributed by atoms with van der Waals surface area (Å²) < 4.78 is 19.1.